The molecule has 2 aliphatic rings. The SMILES string of the molecule is I.NC(=NCC1CCOCC1)Nc1cccc2c1CCCC2. The largest absolute Gasteiger partial charge is 0.381 e. The van der Waals surface area contributed by atoms with Crippen molar-refractivity contribution in [1.29, 1.82) is 0 Å². The van der Waals surface area contributed by atoms with E-state index >= 15 is 0 Å². The van der Waals surface area contributed by atoms with Crippen LogP contribution in [-0.4, -0.2) is 25.7 Å². The van der Waals surface area contributed by atoms with Crippen LogP contribution in [-0.2, 0) is 17.6 Å². The molecule has 1 saturated heterocycles. The second-order valence-corrected chi connectivity index (χ2v) is 6.06. The summed E-state index contributed by atoms with van der Waals surface area (Å²) in [5, 5.41) is 3.31. The number of nitrogens with zero attached hydrogens (tertiary/aromatic N) is 1. The lowest BCUT2D eigenvalue weighted by atomic mass is 9.90. The molecule has 1 aromatic carbocycles. The van der Waals surface area contributed by atoms with Crippen LogP contribution in [0.4, 0.5) is 5.69 Å². The molecule has 1 aliphatic heterocycles. The summed E-state index contributed by atoms with van der Waals surface area (Å²) >= 11 is 0. The number of nitrogens with one attached hydrogen (secondary N) is 1. The zero-order chi connectivity index (χ0) is 14.5. The first-order valence-electron chi connectivity index (χ1n) is 8.08. The van der Waals surface area contributed by atoms with Crippen molar-refractivity contribution in [2.24, 2.45) is 16.6 Å². The predicted octanol–water partition coefficient (Wildman–Crippen LogP) is 3.34. The van der Waals surface area contributed by atoms with Gasteiger partial charge in [0.1, 0.15) is 0 Å². The Morgan fingerprint density at radius 3 is 2.82 bits per heavy atom. The van der Waals surface area contributed by atoms with Crippen LogP contribution in [0.1, 0.15) is 36.8 Å². The smallest absolute Gasteiger partial charge is 0.193 e. The standard InChI is InChI=1S/C17H25N3O.HI/c18-17(19-12-13-8-10-21-11-9-13)20-16-7-3-5-14-4-1-2-6-15(14)16;/h3,5,7,13H,1-2,4,6,8-12H2,(H3,18,19,20);1H. The van der Waals surface area contributed by atoms with Gasteiger partial charge in [-0.3, -0.25) is 4.99 Å². The molecule has 0 atom stereocenters. The number of hydrogen-bond donors (Lipinski definition) is 2. The van der Waals surface area contributed by atoms with E-state index in [0.717, 1.165) is 44.7 Å². The molecule has 0 amide bonds. The number of halogens is 1. The summed E-state index contributed by atoms with van der Waals surface area (Å²) in [7, 11) is 0. The van der Waals surface area contributed by atoms with Gasteiger partial charge in [-0.15, -0.1) is 24.0 Å². The normalized spacial score (nSPS) is 19.2. The maximum Gasteiger partial charge on any atom is 0.193 e. The third-order valence-electron chi connectivity index (χ3n) is 4.52. The fourth-order valence-electron chi connectivity index (χ4n) is 3.23. The monoisotopic (exact) mass is 415 g/mol. The number of benzene rings is 1. The van der Waals surface area contributed by atoms with Crippen molar-refractivity contribution in [3.8, 4) is 0 Å². The minimum atomic E-state index is 0. The number of anilines is 1. The van der Waals surface area contributed by atoms with E-state index in [1.54, 1.807) is 0 Å². The van der Waals surface area contributed by atoms with E-state index in [4.69, 9.17) is 10.5 Å². The number of guanidine groups is 1. The van der Waals surface area contributed by atoms with E-state index < -0.39 is 0 Å². The van der Waals surface area contributed by atoms with Gasteiger partial charge >= 0.3 is 0 Å². The minimum absolute atomic E-state index is 0. The average Bonchev–Trinajstić information content (AvgIpc) is 2.54. The topological polar surface area (TPSA) is 59.6 Å². The van der Waals surface area contributed by atoms with Crippen LogP contribution in [0.25, 0.3) is 0 Å². The maximum absolute atomic E-state index is 6.06. The van der Waals surface area contributed by atoms with Crippen molar-refractivity contribution in [2.45, 2.75) is 38.5 Å². The van der Waals surface area contributed by atoms with Crippen molar-refractivity contribution >= 4 is 35.6 Å². The maximum atomic E-state index is 6.06. The van der Waals surface area contributed by atoms with Gasteiger partial charge < -0.3 is 15.8 Å². The Bertz CT molecular complexity index is 513. The van der Waals surface area contributed by atoms with Crippen molar-refractivity contribution in [1.82, 2.24) is 0 Å². The number of rotatable bonds is 3. The molecule has 122 valence electrons. The number of fused-ring (bicyclic) bond motifs is 1. The van der Waals surface area contributed by atoms with Gasteiger partial charge in [-0.25, -0.2) is 0 Å². The molecule has 5 heteroatoms. The molecule has 3 rings (SSSR count). The van der Waals surface area contributed by atoms with Crippen LogP contribution in [0.3, 0.4) is 0 Å². The average molecular weight is 415 g/mol. The lowest BCUT2D eigenvalue weighted by molar-refractivity contribution is 0.0689. The Kier molecular flexibility index (Phi) is 6.95. The Morgan fingerprint density at radius 1 is 1.23 bits per heavy atom. The molecule has 0 unspecified atom stereocenters. The van der Waals surface area contributed by atoms with Crippen molar-refractivity contribution in [3.63, 3.8) is 0 Å². The van der Waals surface area contributed by atoms with Crippen LogP contribution in [0.2, 0.25) is 0 Å². The third-order valence-corrected chi connectivity index (χ3v) is 4.52. The van der Waals surface area contributed by atoms with E-state index in [-0.39, 0.29) is 24.0 Å². The summed E-state index contributed by atoms with van der Waals surface area (Å²) in [5.74, 6) is 1.16. The summed E-state index contributed by atoms with van der Waals surface area (Å²) in [6.07, 6.45) is 7.08. The van der Waals surface area contributed by atoms with Crippen molar-refractivity contribution in [3.05, 3.63) is 29.3 Å². The Labute approximate surface area is 149 Å². The molecule has 1 aromatic rings. The summed E-state index contributed by atoms with van der Waals surface area (Å²) in [5.41, 5.74) is 10.1. The molecule has 4 nitrogen and oxygen atoms in total. The molecule has 0 aromatic heterocycles. The highest BCUT2D eigenvalue weighted by molar-refractivity contribution is 14.0. The van der Waals surface area contributed by atoms with E-state index in [1.807, 2.05) is 0 Å². The molecule has 1 fully saturated rings. The second-order valence-electron chi connectivity index (χ2n) is 6.06. The Morgan fingerprint density at radius 2 is 2.00 bits per heavy atom. The fourth-order valence-corrected chi connectivity index (χ4v) is 3.23. The first kappa shape index (κ1) is 17.5. The van der Waals surface area contributed by atoms with Gasteiger partial charge in [-0.05, 0) is 61.6 Å². The summed E-state index contributed by atoms with van der Waals surface area (Å²) in [6, 6.07) is 6.45. The van der Waals surface area contributed by atoms with E-state index in [0.29, 0.717) is 11.9 Å². The first-order chi connectivity index (χ1) is 10.3. The summed E-state index contributed by atoms with van der Waals surface area (Å²) in [4.78, 5) is 4.52. The van der Waals surface area contributed by atoms with E-state index in [1.165, 1.54) is 30.4 Å². The quantitative estimate of drug-likeness (QED) is 0.452. The van der Waals surface area contributed by atoms with Gasteiger partial charge in [0.05, 0.1) is 0 Å². The number of hydrogen-bond acceptors (Lipinski definition) is 2. The van der Waals surface area contributed by atoms with Gasteiger partial charge in [-0.2, -0.15) is 0 Å². The minimum Gasteiger partial charge on any atom is -0.381 e. The Hall–Kier alpha value is -0.820. The molecule has 0 saturated carbocycles. The highest BCUT2D eigenvalue weighted by atomic mass is 127. The summed E-state index contributed by atoms with van der Waals surface area (Å²) < 4.78 is 5.37. The fraction of sp³-hybridized carbons (Fsp3) is 0.588. The van der Waals surface area contributed by atoms with Gasteiger partial charge in [0, 0.05) is 25.4 Å². The highest BCUT2D eigenvalue weighted by Gasteiger charge is 2.15. The second kappa shape index (κ2) is 8.72. The third kappa shape index (κ3) is 4.59. The van der Waals surface area contributed by atoms with Gasteiger partial charge in [-0.1, -0.05) is 12.1 Å². The van der Waals surface area contributed by atoms with Crippen molar-refractivity contribution in [2.75, 3.05) is 25.1 Å². The van der Waals surface area contributed by atoms with Crippen LogP contribution in [0, 0.1) is 5.92 Å². The number of aryl methyl sites for hydroxylation is 1. The molecule has 3 N–H and O–H groups in total. The number of aliphatic imine (C=N–C) groups is 1. The summed E-state index contributed by atoms with van der Waals surface area (Å²) in [6.45, 7) is 2.52. The van der Waals surface area contributed by atoms with Gasteiger partial charge in [0.25, 0.3) is 0 Å². The van der Waals surface area contributed by atoms with Crippen LogP contribution in [0.15, 0.2) is 23.2 Å². The molecule has 22 heavy (non-hydrogen) atoms. The molecule has 0 bridgehead atoms. The van der Waals surface area contributed by atoms with Gasteiger partial charge in [0.15, 0.2) is 5.96 Å². The molecule has 1 heterocycles. The molecular weight excluding hydrogens is 389 g/mol. The zero-order valence-corrected chi connectivity index (χ0v) is 15.3. The lowest BCUT2D eigenvalue weighted by Gasteiger charge is -2.21. The first-order valence-corrected chi connectivity index (χ1v) is 8.08. The van der Waals surface area contributed by atoms with E-state index in [2.05, 4.69) is 28.5 Å². The molecular formula is C17H26IN3O. The van der Waals surface area contributed by atoms with Crippen LogP contribution < -0.4 is 11.1 Å². The highest BCUT2D eigenvalue weighted by Crippen LogP contribution is 2.27. The Balaban J connectivity index is 0.00000176. The van der Waals surface area contributed by atoms with Gasteiger partial charge in [0.2, 0.25) is 0 Å². The molecule has 1 aliphatic carbocycles. The number of ether oxygens (including phenoxy) is 1. The van der Waals surface area contributed by atoms with Crippen molar-refractivity contribution < 1.29 is 4.74 Å². The van der Waals surface area contributed by atoms with Crippen LogP contribution >= 0.6 is 24.0 Å². The molecule has 0 radical (unpaired) electrons. The van der Waals surface area contributed by atoms with Crippen LogP contribution in [0.5, 0.6) is 0 Å². The zero-order valence-electron chi connectivity index (χ0n) is 13.0. The van der Waals surface area contributed by atoms with E-state index in [9.17, 15) is 0 Å². The number of nitrogens with two attached hydrogens (primary N) is 1. The lowest BCUT2D eigenvalue weighted by Crippen LogP contribution is -2.26. The predicted molar refractivity (Wildman–Crippen MR) is 102 cm³/mol. The molecule has 0 spiro atoms.